The first-order valence-corrected chi connectivity index (χ1v) is 10.5. The first-order valence-electron chi connectivity index (χ1n) is 9.04. The van der Waals surface area contributed by atoms with Crippen molar-refractivity contribution in [3.05, 3.63) is 41.5 Å². The van der Waals surface area contributed by atoms with Crippen LogP contribution in [0.4, 0.5) is 0 Å². The average Bonchev–Trinajstić information content (AvgIpc) is 2.62. The van der Waals surface area contributed by atoms with Crippen molar-refractivity contribution >= 4 is 15.9 Å². The monoisotopic (exact) mass is 379 g/mol. The Labute approximate surface area is 156 Å². The van der Waals surface area contributed by atoms with E-state index in [0.717, 1.165) is 37.8 Å². The van der Waals surface area contributed by atoms with E-state index in [9.17, 15) is 13.2 Å². The zero-order valence-corrected chi connectivity index (χ0v) is 16.6. The Kier molecular flexibility index (Phi) is 7.37. The van der Waals surface area contributed by atoms with Crippen molar-refractivity contribution in [2.75, 3.05) is 27.2 Å². The van der Waals surface area contributed by atoms with Gasteiger partial charge < -0.3 is 10.2 Å². The maximum Gasteiger partial charge on any atom is 0.251 e. The van der Waals surface area contributed by atoms with Gasteiger partial charge >= 0.3 is 0 Å². The number of sulfonamides is 1. The second kappa shape index (κ2) is 9.30. The molecule has 1 aliphatic rings. The van der Waals surface area contributed by atoms with Crippen LogP contribution in [0.3, 0.4) is 0 Å². The van der Waals surface area contributed by atoms with E-state index in [2.05, 4.69) is 16.1 Å². The van der Waals surface area contributed by atoms with Gasteiger partial charge in [-0.05, 0) is 64.9 Å². The van der Waals surface area contributed by atoms with Gasteiger partial charge in [-0.15, -0.1) is 0 Å². The van der Waals surface area contributed by atoms with Crippen molar-refractivity contribution in [1.82, 2.24) is 14.9 Å². The van der Waals surface area contributed by atoms with E-state index in [1.54, 1.807) is 12.1 Å². The zero-order valence-electron chi connectivity index (χ0n) is 15.8. The summed E-state index contributed by atoms with van der Waals surface area (Å²) in [6, 6.07) is 5.92. The lowest BCUT2D eigenvalue weighted by molar-refractivity contribution is 0.0951. The summed E-state index contributed by atoms with van der Waals surface area (Å²) in [5.74, 6) is -0.271. The molecule has 0 bridgehead atoms. The van der Waals surface area contributed by atoms with Gasteiger partial charge in [0.1, 0.15) is 0 Å². The predicted octanol–water partition coefficient (Wildman–Crippen LogP) is 2.15. The van der Waals surface area contributed by atoms with Crippen LogP contribution in [-0.2, 0) is 10.0 Å². The molecule has 0 spiro atoms. The molecule has 0 fully saturated rings. The molecule has 2 rings (SSSR count). The molecule has 1 aliphatic carbocycles. The molecule has 144 valence electrons. The molecule has 2 N–H and O–H groups in total. The number of hydrogen-bond acceptors (Lipinski definition) is 4. The number of amides is 1. The van der Waals surface area contributed by atoms with Gasteiger partial charge in [0.25, 0.3) is 5.91 Å². The van der Waals surface area contributed by atoms with Crippen LogP contribution in [0.2, 0.25) is 0 Å². The molecule has 6 nitrogen and oxygen atoms in total. The quantitative estimate of drug-likeness (QED) is 0.679. The Bertz CT molecular complexity index is 757. The summed E-state index contributed by atoms with van der Waals surface area (Å²) >= 11 is 0. The molecular weight excluding hydrogens is 350 g/mol. The second-order valence-electron chi connectivity index (χ2n) is 6.95. The summed E-state index contributed by atoms with van der Waals surface area (Å²) in [4.78, 5) is 14.3. The molecular formula is C19H29N3O3S. The number of carbonyl (C=O) groups excluding carboxylic acids is 1. The lowest BCUT2D eigenvalue weighted by atomic mass is 9.95. The van der Waals surface area contributed by atoms with E-state index in [4.69, 9.17) is 0 Å². The first kappa shape index (κ1) is 20.6. The highest BCUT2D eigenvalue weighted by Crippen LogP contribution is 2.21. The summed E-state index contributed by atoms with van der Waals surface area (Å²) in [6.45, 7) is 3.09. The summed E-state index contributed by atoms with van der Waals surface area (Å²) in [6.07, 6.45) is 6.32. The van der Waals surface area contributed by atoms with Crippen LogP contribution in [0.25, 0.3) is 0 Å². The van der Waals surface area contributed by atoms with Crippen molar-refractivity contribution in [2.24, 2.45) is 0 Å². The van der Waals surface area contributed by atoms with Gasteiger partial charge in [-0.3, -0.25) is 4.79 Å². The maximum absolute atomic E-state index is 12.7. The highest BCUT2D eigenvalue weighted by atomic mass is 32.2. The molecule has 26 heavy (non-hydrogen) atoms. The second-order valence-corrected chi connectivity index (χ2v) is 8.67. The van der Waals surface area contributed by atoms with Crippen LogP contribution in [-0.4, -0.2) is 52.5 Å². The van der Waals surface area contributed by atoms with Crippen molar-refractivity contribution in [1.29, 1.82) is 0 Å². The smallest absolute Gasteiger partial charge is 0.251 e. The fourth-order valence-corrected chi connectivity index (χ4v) is 4.23. The fourth-order valence-electron chi connectivity index (χ4n) is 2.93. The Morgan fingerprint density at radius 1 is 1.27 bits per heavy atom. The van der Waals surface area contributed by atoms with E-state index >= 15 is 0 Å². The van der Waals surface area contributed by atoms with Gasteiger partial charge in [-0.25, -0.2) is 13.1 Å². The average molecular weight is 380 g/mol. The standard InChI is InChI=1S/C19H29N3O3S/c1-15(16-8-5-4-6-9-16)21-26(24,25)18-11-7-10-17(14-18)19(23)20-12-13-22(2)3/h7-8,10-11,14-15,21H,4-6,9,12-13H2,1-3H3,(H,20,23)/t15-/m1/s1. The van der Waals surface area contributed by atoms with E-state index in [0.29, 0.717) is 12.1 Å². The number of likely N-dealkylation sites (N-methyl/N-ethyl adjacent to an activating group) is 1. The van der Waals surface area contributed by atoms with Gasteiger partial charge in [-0.1, -0.05) is 17.7 Å². The fraction of sp³-hybridized carbons (Fsp3) is 0.526. The first-order chi connectivity index (χ1) is 12.3. The largest absolute Gasteiger partial charge is 0.351 e. The third-order valence-corrected chi connectivity index (χ3v) is 6.00. The Balaban J connectivity index is 2.07. The molecule has 1 aromatic carbocycles. The molecule has 1 aromatic rings. The molecule has 0 saturated carbocycles. The van der Waals surface area contributed by atoms with Crippen LogP contribution in [0, 0.1) is 0 Å². The lowest BCUT2D eigenvalue weighted by Gasteiger charge is -2.21. The van der Waals surface area contributed by atoms with Gasteiger partial charge in [0, 0.05) is 24.7 Å². The van der Waals surface area contributed by atoms with Gasteiger partial charge in [0.15, 0.2) is 0 Å². The Hall–Kier alpha value is -1.70. The van der Waals surface area contributed by atoms with Gasteiger partial charge in [0.05, 0.1) is 4.90 Å². The highest BCUT2D eigenvalue weighted by Gasteiger charge is 2.21. The number of nitrogens with one attached hydrogen (secondary N) is 2. The van der Waals surface area contributed by atoms with Crippen molar-refractivity contribution in [2.45, 2.75) is 43.5 Å². The number of hydrogen-bond donors (Lipinski definition) is 2. The number of benzene rings is 1. The molecule has 7 heteroatoms. The van der Waals surface area contributed by atoms with E-state index in [1.165, 1.54) is 12.1 Å². The van der Waals surface area contributed by atoms with Crippen LogP contribution in [0.5, 0.6) is 0 Å². The molecule has 0 saturated heterocycles. The van der Waals surface area contributed by atoms with Crippen molar-refractivity contribution < 1.29 is 13.2 Å². The summed E-state index contributed by atoms with van der Waals surface area (Å²) in [5.41, 5.74) is 1.48. The minimum Gasteiger partial charge on any atom is -0.351 e. The van der Waals surface area contributed by atoms with Crippen LogP contribution < -0.4 is 10.0 Å². The number of nitrogens with zero attached hydrogens (tertiary/aromatic N) is 1. The normalized spacial score (nSPS) is 16.2. The van der Waals surface area contributed by atoms with Gasteiger partial charge in [-0.2, -0.15) is 0 Å². The summed E-state index contributed by atoms with van der Waals surface area (Å²) < 4.78 is 28.1. The molecule has 0 unspecified atom stereocenters. The number of allylic oxidation sites excluding steroid dienone is 1. The molecule has 0 aromatic heterocycles. The number of carbonyl (C=O) groups is 1. The predicted molar refractivity (Wildman–Crippen MR) is 104 cm³/mol. The zero-order chi connectivity index (χ0) is 19.2. The molecule has 0 radical (unpaired) electrons. The molecule has 0 heterocycles. The van der Waals surface area contributed by atoms with Crippen molar-refractivity contribution in [3.8, 4) is 0 Å². The lowest BCUT2D eigenvalue weighted by Crippen LogP contribution is -2.35. The molecule has 1 amide bonds. The van der Waals surface area contributed by atoms with E-state index in [1.807, 2.05) is 25.9 Å². The maximum atomic E-state index is 12.7. The molecule has 0 aliphatic heterocycles. The minimum absolute atomic E-state index is 0.112. The summed E-state index contributed by atoms with van der Waals surface area (Å²) in [5, 5.41) is 2.80. The van der Waals surface area contributed by atoms with Crippen molar-refractivity contribution in [3.63, 3.8) is 0 Å². The van der Waals surface area contributed by atoms with Crippen LogP contribution >= 0.6 is 0 Å². The third-order valence-electron chi connectivity index (χ3n) is 4.47. The van der Waals surface area contributed by atoms with Crippen LogP contribution in [0.1, 0.15) is 43.0 Å². The van der Waals surface area contributed by atoms with E-state index < -0.39 is 10.0 Å². The third kappa shape index (κ3) is 5.93. The molecule has 1 atom stereocenters. The highest BCUT2D eigenvalue weighted by molar-refractivity contribution is 7.89. The van der Waals surface area contributed by atoms with Crippen LogP contribution in [0.15, 0.2) is 40.8 Å². The minimum atomic E-state index is -3.68. The SMILES string of the molecule is C[C@@H](NS(=O)(=O)c1cccc(C(=O)NCCN(C)C)c1)C1=CCCCC1. The number of rotatable bonds is 8. The van der Waals surface area contributed by atoms with Gasteiger partial charge in [0.2, 0.25) is 10.0 Å². The Morgan fingerprint density at radius 2 is 2.04 bits per heavy atom. The topological polar surface area (TPSA) is 78.5 Å². The summed E-state index contributed by atoms with van der Waals surface area (Å²) in [7, 11) is 0.171. The Morgan fingerprint density at radius 3 is 2.69 bits per heavy atom. The van der Waals surface area contributed by atoms with E-state index in [-0.39, 0.29) is 16.8 Å².